The van der Waals surface area contributed by atoms with Crippen LogP contribution in [0.4, 0.5) is 13.2 Å². The summed E-state index contributed by atoms with van der Waals surface area (Å²) in [4.78, 5) is 14.4. The molecule has 0 aliphatic heterocycles. The number of ether oxygens (including phenoxy) is 1. The van der Waals surface area contributed by atoms with E-state index in [9.17, 15) is 18.0 Å². The van der Waals surface area contributed by atoms with Crippen molar-refractivity contribution in [2.45, 2.75) is 13.1 Å². The van der Waals surface area contributed by atoms with E-state index in [1.54, 1.807) is 0 Å². The van der Waals surface area contributed by atoms with Gasteiger partial charge >= 0.3 is 12.1 Å². The largest absolute Gasteiger partial charge is 0.462 e. The fraction of sp³-hybridized carbons (Fsp3) is 0.300. The average molecular weight is 244 g/mol. The molecule has 0 aliphatic carbocycles. The van der Waals surface area contributed by atoms with Gasteiger partial charge in [0.2, 0.25) is 0 Å². The number of halogens is 3. The van der Waals surface area contributed by atoms with Gasteiger partial charge < -0.3 is 4.74 Å². The smallest absolute Gasteiger partial charge is 0.434 e. The number of carbonyl (C=O) groups excluding carboxylic acids is 1. The Labute approximate surface area is 94.6 Å². The average Bonchev–Trinajstić information content (AvgIpc) is 2.27. The number of hydrogen-bond donors (Lipinski definition) is 0. The minimum atomic E-state index is -4.78. The van der Waals surface area contributed by atoms with Gasteiger partial charge in [-0.3, -0.25) is 4.98 Å². The lowest BCUT2D eigenvalue weighted by atomic mass is 10.1. The fourth-order valence-electron chi connectivity index (χ4n) is 1.17. The van der Waals surface area contributed by atoms with Crippen molar-refractivity contribution in [1.29, 1.82) is 5.26 Å². The molecule has 0 amide bonds. The first-order valence-electron chi connectivity index (χ1n) is 4.55. The third-order valence-electron chi connectivity index (χ3n) is 1.83. The Morgan fingerprint density at radius 2 is 2.24 bits per heavy atom. The molecule has 0 unspecified atom stereocenters. The molecule has 0 radical (unpaired) electrons. The van der Waals surface area contributed by atoms with Gasteiger partial charge in [0.25, 0.3) is 0 Å². The van der Waals surface area contributed by atoms with E-state index >= 15 is 0 Å². The number of nitrogens with zero attached hydrogens (tertiary/aromatic N) is 2. The summed E-state index contributed by atoms with van der Waals surface area (Å²) in [6.07, 6.45) is -3.97. The van der Waals surface area contributed by atoms with E-state index in [0.29, 0.717) is 0 Å². The monoisotopic (exact) mass is 244 g/mol. The van der Waals surface area contributed by atoms with Crippen LogP contribution in [0.2, 0.25) is 0 Å². The minimum absolute atomic E-state index is 0.00732. The van der Waals surface area contributed by atoms with Crippen LogP contribution in [0.1, 0.15) is 28.5 Å². The first kappa shape index (κ1) is 13.0. The van der Waals surface area contributed by atoms with Gasteiger partial charge in [-0.2, -0.15) is 18.4 Å². The lowest BCUT2D eigenvalue weighted by Crippen LogP contribution is -2.15. The molecule has 1 rings (SSSR count). The molecule has 0 saturated carbocycles. The molecule has 4 nitrogen and oxygen atoms in total. The maximum Gasteiger partial charge on any atom is 0.434 e. The molecule has 0 fully saturated rings. The van der Waals surface area contributed by atoms with Crippen LogP contribution in [0.15, 0.2) is 12.3 Å². The molecular weight excluding hydrogens is 237 g/mol. The SMILES string of the molecule is CCOC(=O)c1ccnc(C(F)(F)F)c1C#N. The summed E-state index contributed by atoms with van der Waals surface area (Å²) >= 11 is 0. The van der Waals surface area contributed by atoms with E-state index in [0.717, 1.165) is 12.3 Å². The summed E-state index contributed by atoms with van der Waals surface area (Å²) in [7, 11) is 0. The molecule has 1 aromatic heterocycles. The van der Waals surface area contributed by atoms with E-state index in [1.807, 2.05) is 0 Å². The third-order valence-corrected chi connectivity index (χ3v) is 1.83. The topological polar surface area (TPSA) is 63.0 Å². The van der Waals surface area contributed by atoms with E-state index in [4.69, 9.17) is 5.26 Å². The van der Waals surface area contributed by atoms with Crippen LogP contribution in [-0.4, -0.2) is 17.6 Å². The molecule has 17 heavy (non-hydrogen) atoms. The van der Waals surface area contributed by atoms with Crippen molar-refractivity contribution in [2.75, 3.05) is 6.61 Å². The molecular formula is C10H7F3N2O2. The molecule has 0 aliphatic rings. The highest BCUT2D eigenvalue weighted by Crippen LogP contribution is 2.31. The number of alkyl halides is 3. The van der Waals surface area contributed by atoms with Gasteiger partial charge in [0.1, 0.15) is 6.07 Å². The molecule has 0 atom stereocenters. The number of hydrogen-bond acceptors (Lipinski definition) is 4. The van der Waals surface area contributed by atoms with Gasteiger partial charge in [0.15, 0.2) is 5.69 Å². The number of esters is 1. The van der Waals surface area contributed by atoms with Crippen molar-refractivity contribution in [1.82, 2.24) is 4.98 Å². The molecule has 1 aromatic rings. The highest BCUT2D eigenvalue weighted by Gasteiger charge is 2.37. The van der Waals surface area contributed by atoms with Crippen molar-refractivity contribution in [2.24, 2.45) is 0 Å². The van der Waals surface area contributed by atoms with Gasteiger partial charge in [-0.15, -0.1) is 0 Å². The Kier molecular flexibility index (Phi) is 3.68. The van der Waals surface area contributed by atoms with E-state index in [1.165, 1.54) is 13.0 Å². The second-order valence-electron chi connectivity index (χ2n) is 2.91. The van der Waals surface area contributed by atoms with E-state index in [-0.39, 0.29) is 6.61 Å². The maximum atomic E-state index is 12.5. The van der Waals surface area contributed by atoms with Crippen molar-refractivity contribution in [3.8, 4) is 6.07 Å². The summed E-state index contributed by atoms with van der Waals surface area (Å²) < 4.78 is 42.0. The van der Waals surface area contributed by atoms with Crippen molar-refractivity contribution >= 4 is 5.97 Å². The van der Waals surface area contributed by atoms with Crippen LogP contribution < -0.4 is 0 Å². The second kappa shape index (κ2) is 4.82. The third kappa shape index (κ3) is 2.72. The Balaban J connectivity index is 3.35. The molecule has 1 heterocycles. The van der Waals surface area contributed by atoms with Gasteiger partial charge in [0.05, 0.1) is 17.7 Å². The quantitative estimate of drug-likeness (QED) is 0.748. The summed E-state index contributed by atoms with van der Waals surface area (Å²) in [6.45, 7) is 1.52. The number of carbonyl (C=O) groups is 1. The van der Waals surface area contributed by atoms with Gasteiger partial charge in [-0.05, 0) is 13.0 Å². The summed E-state index contributed by atoms with van der Waals surface area (Å²) in [5, 5.41) is 8.68. The summed E-state index contributed by atoms with van der Waals surface area (Å²) in [5.41, 5.74) is -2.64. The van der Waals surface area contributed by atoms with Crippen molar-refractivity contribution in [3.63, 3.8) is 0 Å². The molecule has 7 heteroatoms. The standard InChI is InChI=1S/C10H7F3N2O2/c1-2-17-9(16)6-3-4-15-8(7(6)5-14)10(11,12)13/h3-4H,2H2,1H3. The predicted molar refractivity (Wildman–Crippen MR) is 49.9 cm³/mol. The summed E-state index contributed by atoms with van der Waals surface area (Å²) in [6, 6.07) is 2.35. The van der Waals surface area contributed by atoms with E-state index in [2.05, 4.69) is 9.72 Å². The lowest BCUT2D eigenvalue weighted by molar-refractivity contribution is -0.141. The number of nitriles is 1. The number of rotatable bonds is 2. The Hall–Kier alpha value is -2.10. The zero-order valence-electron chi connectivity index (χ0n) is 8.71. The van der Waals surface area contributed by atoms with Crippen LogP contribution in [0.5, 0.6) is 0 Å². The zero-order valence-corrected chi connectivity index (χ0v) is 8.71. The molecule has 0 bridgehead atoms. The normalized spacial score (nSPS) is 10.8. The fourth-order valence-corrected chi connectivity index (χ4v) is 1.17. The predicted octanol–water partition coefficient (Wildman–Crippen LogP) is 2.15. The lowest BCUT2D eigenvalue weighted by Gasteiger charge is -2.10. The molecule has 90 valence electrons. The Bertz CT molecular complexity index is 477. The van der Waals surface area contributed by atoms with Gasteiger partial charge in [-0.1, -0.05) is 0 Å². The highest BCUT2D eigenvalue weighted by molar-refractivity contribution is 5.92. The highest BCUT2D eigenvalue weighted by atomic mass is 19.4. The van der Waals surface area contributed by atoms with Gasteiger partial charge in [-0.25, -0.2) is 4.79 Å². The van der Waals surface area contributed by atoms with Crippen LogP contribution in [0, 0.1) is 11.3 Å². The van der Waals surface area contributed by atoms with Gasteiger partial charge in [0, 0.05) is 6.20 Å². The van der Waals surface area contributed by atoms with Crippen LogP contribution in [0.25, 0.3) is 0 Å². The Morgan fingerprint density at radius 1 is 1.59 bits per heavy atom. The minimum Gasteiger partial charge on any atom is -0.462 e. The number of aromatic nitrogens is 1. The van der Waals surface area contributed by atoms with Crippen molar-refractivity contribution in [3.05, 3.63) is 29.1 Å². The Morgan fingerprint density at radius 3 is 2.71 bits per heavy atom. The first-order valence-corrected chi connectivity index (χ1v) is 4.55. The summed E-state index contributed by atoms with van der Waals surface area (Å²) in [5.74, 6) is -0.975. The first-order chi connectivity index (χ1) is 7.91. The van der Waals surface area contributed by atoms with E-state index < -0.39 is 29.0 Å². The van der Waals surface area contributed by atoms with Crippen molar-refractivity contribution < 1.29 is 22.7 Å². The zero-order chi connectivity index (χ0) is 13.1. The number of pyridine rings is 1. The second-order valence-corrected chi connectivity index (χ2v) is 2.91. The molecule has 0 N–H and O–H groups in total. The molecule has 0 saturated heterocycles. The molecule has 0 aromatic carbocycles. The van der Waals surface area contributed by atoms with Crippen LogP contribution in [0.3, 0.4) is 0 Å². The maximum absolute atomic E-state index is 12.5. The molecule has 0 spiro atoms. The van der Waals surface area contributed by atoms with Crippen LogP contribution in [-0.2, 0) is 10.9 Å². The van der Waals surface area contributed by atoms with Crippen LogP contribution >= 0.6 is 0 Å².